The average Bonchev–Trinajstić information content (AvgIpc) is 2.60. The fraction of sp³-hybridized carbons (Fsp3) is 0.167. The number of halogens is 3. The lowest BCUT2D eigenvalue weighted by Gasteiger charge is -2.18. The number of rotatable bonds is 4. The van der Waals surface area contributed by atoms with E-state index in [9.17, 15) is 26.4 Å². The first kappa shape index (κ1) is 19.1. The quantitative estimate of drug-likeness (QED) is 0.631. The molecule has 0 saturated carbocycles. The molecule has 1 heterocycles. The monoisotopic (exact) mass is 397 g/mol. The van der Waals surface area contributed by atoms with Gasteiger partial charge in [0.25, 0.3) is 0 Å². The number of fused-ring (bicyclic) bond motifs is 1. The highest BCUT2D eigenvalue weighted by Gasteiger charge is 2.30. The highest BCUT2D eigenvalue weighted by Crippen LogP contribution is 2.29. The predicted octanol–water partition coefficient (Wildman–Crippen LogP) is 3.63. The largest absolute Gasteiger partial charge is 0.423 e. The third-order valence-corrected chi connectivity index (χ3v) is 5.78. The molecule has 9 heteroatoms. The number of nitrogens with zero attached hydrogens (tertiary/aromatic N) is 1. The molecule has 3 aromatic rings. The van der Waals surface area contributed by atoms with Gasteiger partial charge in [-0.1, -0.05) is 12.1 Å². The van der Waals surface area contributed by atoms with E-state index in [1.165, 1.54) is 49.5 Å². The highest BCUT2D eigenvalue weighted by atomic mass is 32.2. The first-order valence-electron chi connectivity index (χ1n) is 7.74. The fourth-order valence-corrected chi connectivity index (χ4v) is 3.73. The van der Waals surface area contributed by atoms with Crippen molar-refractivity contribution in [1.29, 1.82) is 0 Å². The molecule has 0 amide bonds. The molecule has 0 atom stereocenters. The minimum Gasteiger partial charge on any atom is -0.423 e. The fourth-order valence-electron chi connectivity index (χ4n) is 2.53. The van der Waals surface area contributed by atoms with Crippen LogP contribution in [-0.4, -0.2) is 19.8 Å². The Morgan fingerprint density at radius 2 is 1.67 bits per heavy atom. The standard InChI is InChI=1S/C18H14F3NO4S/c1-22(11-12-2-5-14(6-3-12)18(19,20)21)27(24,25)15-7-8-16-13(10-15)4-9-17(23)26-16/h2-10H,11H2,1H3. The van der Waals surface area contributed by atoms with Gasteiger partial charge in [0.2, 0.25) is 10.0 Å². The van der Waals surface area contributed by atoms with Crippen molar-refractivity contribution in [2.24, 2.45) is 0 Å². The molecule has 3 rings (SSSR count). The Hall–Kier alpha value is -2.65. The molecule has 5 nitrogen and oxygen atoms in total. The summed E-state index contributed by atoms with van der Waals surface area (Å²) in [6.07, 6.45) is -4.45. The third-order valence-electron chi connectivity index (χ3n) is 3.99. The Balaban J connectivity index is 1.86. The molecule has 1 aromatic heterocycles. The molecule has 27 heavy (non-hydrogen) atoms. The van der Waals surface area contributed by atoms with E-state index < -0.39 is 27.4 Å². The molecule has 0 unspecified atom stereocenters. The average molecular weight is 397 g/mol. The summed E-state index contributed by atoms with van der Waals surface area (Å²) in [6, 6.07) is 11.0. The highest BCUT2D eigenvalue weighted by molar-refractivity contribution is 7.89. The van der Waals surface area contributed by atoms with Crippen LogP contribution < -0.4 is 5.63 Å². The minimum atomic E-state index is -4.45. The summed E-state index contributed by atoms with van der Waals surface area (Å²) in [5.41, 5.74) is -0.669. The van der Waals surface area contributed by atoms with Crippen molar-refractivity contribution >= 4 is 21.0 Å². The molecule has 0 aliphatic carbocycles. The molecule has 0 fully saturated rings. The van der Waals surface area contributed by atoms with Gasteiger partial charge in [-0.15, -0.1) is 0 Å². The van der Waals surface area contributed by atoms with E-state index in [4.69, 9.17) is 4.42 Å². The molecular weight excluding hydrogens is 383 g/mol. The predicted molar refractivity (Wildman–Crippen MR) is 92.6 cm³/mol. The first-order valence-corrected chi connectivity index (χ1v) is 9.18. The van der Waals surface area contributed by atoms with Crippen molar-refractivity contribution in [3.63, 3.8) is 0 Å². The summed E-state index contributed by atoms with van der Waals surface area (Å²) in [4.78, 5) is 11.2. The zero-order valence-corrected chi connectivity index (χ0v) is 14.8. The molecule has 0 radical (unpaired) electrons. The van der Waals surface area contributed by atoms with E-state index in [0.29, 0.717) is 10.9 Å². The van der Waals surface area contributed by atoms with Gasteiger partial charge in [0.15, 0.2) is 0 Å². The van der Waals surface area contributed by atoms with Crippen molar-refractivity contribution in [2.45, 2.75) is 17.6 Å². The topological polar surface area (TPSA) is 67.6 Å². The van der Waals surface area contributed by atoms with E-state index in [1.807, 2.05) is 0 Å². The van der Waals surface area contributed by atoms with Gasteiger partial charge in [-0.2, -0.15) is 17.5 Å². The summed E-state index contributed by atoms with van der Waals surface area (Å²) in [5, 5.41) is 0.443. The summed E-state index contributed by atoms with van der Waals surface area (Å²) in [6.45, 7) is -0.0949. The van der Waals surface area contributed by atoms with E-state index in [0.717, 1.165) is 16.4 Å². The zero-order chi connectivity index (χ0) is 19.8. The van der Waals surface area contributed by atoms with Crippen molar-refractivity contribution < 1.29 is 26.0 Å². The lowest BCUT2D eigenvalue weighted by Crippen LogP contribution is -2.26. The molecule has 2 aromatic carbocycles. The third kappa shape index (κ3) is 4.04. The maximum atomic E-state index is 12.7. The Kier molecular flexibility index (Phi) is 4.83. The van der Waals surface area contributed by atoms with E-state index in [2.05, 4.69) is 0 Å². The van der Waals surface area contributed by atoms with Gasteiger partial charge in [-0.3, -0.25) is 0 Å². The van der Waals surface area contributed by atoms with Crippen LogP contribution in [-0.2, 0) is 22.7 Å². The van der Waals surface area contributed by atoms with Crippen LogP contribution in [0.4, 0.5) is 13.2 Å². The van der Waals surface area contributed by atoms with Gasteiger partial charge in [-0.25, -0.2) is 13.2 Å². The van der Waals surface area contributed by atoms with Gasteiger partial charge in [0, 0.05) is 25.0 Å². The van der Waals surface area contributed by atoms with Crippen LogP contribution in [0.25, 0.3) is 11.0 Å². The molecule has 0 aliphatic heterocycles. The zero-order valence-electron chi connectivity index (χ0n) is 14.0. The van der Waals surface area contributed by atoms with Crippen LogP contribution in [0, 0.1) is 0 Å². The smallest absolute Gasteiger partial charge is 0.416 e. The molecule has 0 bridgehead atoms. The van der Waals surface area contributed by atoms with Gasteiger partial charge < -0.3 is 4.42 Å². The van der Waals surface area contributed by atoms with E-state index in [1.54, 1.807) is 0 Å². The van der Waals surface area contributed by atoms with Crippen molar-refractivity contribution in [3.05, 3.63) is 76.1 Å². The number of alkyl halides is 3. The van der Waals surface area contributed by atoms with Gasteiger partial charge in [0.05, 0.1) is 10.5 Å². The van der Waals surface area contributed by atoms with Crippen LogP contribution in [0.3, 0.4) is 0 Å². The molecule has 0 N–H and O–H groups in total. The maximum Gasteiger partial charge on any atom is 0.416 e. The SMILES string of the molecule is CN(Cc1ccc(C(F)(F)F)cc1)S(=O)(=O)c1ccc2oc(=O)ccc2c1. The number of benzene rings is 2. The van der Waals surface area contributed by atoms with Gasteiger partial charge in [0.1, 0.15) is 5.58 Å². The molecule has 0 saturated heterocycles. The van der Waals surface area contributed by atoms with Crippen LogP contribution in [0.1, 0.15) is 11.1 Å². The van der Waals surface area contributed by atoms with Crippen LogP contribution in [0.5, 0.6) is 0 Å². The van der Waals surface area contributed by atoms with Crippen molar-refractivity contribution in [2.75, 3.05) is 7.05 Å². The van der Waals surface area contributed by atoms with Crippen molar-refractivity contribution in [1.82, 2.24) is 4.31 Å². The van der Waals surface area contributed by atoms with E-state index >= 15 is 0 Å². The summed E-state index contributed by atoms with van der Waals surface area (Å²) in [5.74, 6) is 0. The van der Waals surface area contributed by atoms with E-state index in [-0.39, 0.29) is 17.0 Å². The Morgan fingerprint density at radius 1 is 1.00 bits per heavy atom. The Labute approximate surface area is 152 Å². The maximum absolute atomic E-state index is 12.7. The van der Waals surface area contributed by atoms with Crippen LogP contribution in [0.2, 0.25) is 0 Å². The number of hydrogen-bond donors (Lipinski definition) is 0. The molecular formula is C18H14F3NO4S. The van der Waals surface area contributed by atoms with Gasteiger partial charge in [-0.05, 0) is 42.0 Å². The molecule has 0 aliphatic rings. The number of sulfonamides is 1. The summed E-state index contributed by atoms with van der Waals surface area (Å²) < 4.78 is 69.3. The van der Waals surface area contributed by atoms with Crippen LogP contribution in [0.15, 0.2) is 68.7 Å². The van der Waals surface area contributed by atoms with Crippen LogP contribution >= 0.6 is 0 Å². The minimum absolute atomic E-state index is 0.0155. The first-order chi connectivity index (χ1) is 12.6. The normalized spacial score (nSPS) is 12.6. The molecule has 0 spiro atoms. The lowest BCUT2D eigenvalue weighted by atomic mass is 10.1. The number of hydrogen-bond acceptors (Lipinski definition) is 4. The van der Waals surface area contributed by atoms with Crippen molar-refractivity contribution in [3.8, 4) is 0 Å². The Morgan fingerprint density at radius 3 is 2.30 bits per heavy atom. The second-order valence-electron chi connectivity index (χ2n) is 5.91. The lowest BCUT2D eigenvalue weighted by molar-refractivity contribution is -0.137. The second-order valence-corrected chi connectivity index (χ2v) is 7.95. The summed E-state index contributed by atoms with van der Waals surface area (Å²) >= 11 is 0. The van der Waals surface area contributed by atoms with Gasteiger partial charge >= 0.3 is 11.8 Å². The molecule has 142 valence electrons. The summed E-state index contributed by atoms with van der Waals surface area (Å²) in [7, 11) is -2.55. The second kappa shape index (κ2) is 6.82. The Bertz CT molecular complexity index is 1140.